The molecule has 1 heterocycles. The Labute approximate surface area is 218 Å². The van der Waals surface area contributed by atoms with Gasteiger partial charge in [-0.2, -0.15) is 0 Å². The molecule has 3 heteroatoms. The molecular formula is C33H44O3. The number of carbonyl (C=O) groups is 1. The molecule has 1 N–H and O–H groups in total. The Morgan fingerprint density at radius 2 is 1.39 bits per heavy atom. The van der Waals surface area contributed by atoms with Gasteiger partial charge in [-0.1, -0.05) is 109 Å². The van der Waals surface area contributed by atoms with Gasteiger partial charge in [0.05, 0.1) is 0 Å². The Balaban J connectivity index is 1.87. The van der Waals surface area contributed by atoms with E-state index in [4.69, 9.17) is 4.74 Å². The summed E-state index contributed by atoms with van der Waals surface area (Å²) in [5.74, 6) is -1.60. The van der Waals surface area contributed by atoms with Gasteiger partial charge >= 0.3 is 0 Å². The van der Waals surface area contributed by atoms with Crippen molar-refractivity contribution in [1.82, 2.24) is 0 Å². The van der Waals surface area contributed by atoms with Crippen molar-refractivity contribution >= 4 is 5.78 Å². The molecule has 36 heavy (non-hydrogen) atoms. The van der Waals surface area contributed by atoms with E-state index in [9.17, 15) is 9.90 Å². The maximum Gasteiger partial charge on any atom is 0.223 e. The van der Waals surface area contributed by atoms with Crippen LogP contribution in [0.25, 0.3) is 0 Å². The maximum atomic E-state index is 11.3. The number of epoxide rings is 1. The molecular weight excluding hydrogens is 444 g/mol. The van der Waals surface area contributed by atoms with Crippen molar-refractivity contribution in [3.8, 4) is 0 Å². The highest BCUT2D eigenvalue weighted by Crippen LogP contribution is 2.41. The summed E-state index contributed by atoms with van der Waals surface area (Å²) >= 11 is 0. The zero-order chi connectivity index (χ0) is 26.9. The number of allylic oxidation sites excluding steroid dienone is 17. The first-order valence-corrected chi connectivity index (χ1v) is 12.9. The van der Waals surface area contributed by atoms with Crippen molar-refractivity contribution in [3.05, 3.63) is 106 Å². The number of ether oxygens (including phenoxy) is 1. The molecule has 194 valence electrons. The summed E-state index contributed by atoms with van der Waals surface area (Å²) in [6, 6.07) is 0. The fourth-order valence-corrected chi connectivity index (χ4v) is 4.43. The summed E-state index contributed by atoms with van der Waals surface area (Å²) in [4.78, 5) is 11.3. The molecule has 1 saturated heterocycles. The molecule has 1 fully saturated rings. The van der Waals surface area contributed by atoms with E-state index in [0.717, 1.165) is 5.57 Å². The largest absolute Gasteiger partial charge is 0.360 e. The lowest BCUT2D eigenvalue weighted by atomic mass is 9.72. The number of hydrogen-bond donors (Lipinski definition) is 1. The first-order chi connectivity index (χ1) is 16.9. The van der Waals surface area contributed by atoms with Gasteiger partial charge in [0.1, 0.15) is 0 Å². The Morgan fingerprint density at radius 3 is 1.92 bits per heavy atom. The van der Waals surface area contributed by atoms with Crippen molar-refractivity contribution in [1.29, 1.82) is 0 Å². The second-order valence-corrected chi connectivity index (χ2v) is 10.8. The van der Waals surface area contributed by atoms with Gasteiger partial charge in [0, 0.05) is 0 Å². The fourth-order valence-electron chi connectivity index (χ4n) is 4.43. The fraction of sp³-hybridized carbons (Fsp3) is 0.424. The third-order valence-electron chi connectivity index (χ3n) is 6.84. The molecule has 2 unspecified atom stereocenters. The summed E-state index contributed by atoms with van der Waals surface area (Å²) in [7, 11) is 0. The first-order valence-electron chi connectivity index (χ1n) is 12.9. The second kappa shape index (κ2) is 13.0. The number of ketones is 1. The zero-order valence-electron chi connectivity index (χ0n) is 23.4. The van der Waals surface area contributed by atoms with E-state index in [-0.39, 0.29) is 11.2 Å². The smallest absolute Gasteiger partial charge is 0.223 e. The summed E-state index contributed by atoms with van der Waals surface area (Å²) in [5.41, 5.74) is 7.39. The highest BCUT2D eigenvalue weighted by Gasteiger charge is 2.59. The van der Waals surface area contributed by atoms with Gasteiger partial charge in [-0.3, -0.25) is 4.79 Å². The van der Waals surface area contributed by atoms with Crippen LogP contribution in [0.4, 0.5) is 0 Å². The SMILES string of the molecule is CC(=O)C1OC1(O)/C(C)=C/C=C/C(C)=C\C=C\C=C(C)\C=C\C=C(C)/C=C/C1=C(C)CCCC1(C)C. The Hall–Kier alpha value is -2.75. The molecule has 0 spiro atoms. The maximum absolute atomic E-state index is 11.3. The number of carbonyl (C=O) groups excluding carboxylic acids is 1. The molecule has 2 atom stereocenters. The van der Waals surface area contributed by atoms with Crippen molar-refractivity contribution in [2.45, 2.75) is 86.5 Å². The van der Waals surface area contributed by atoms with Crippen LogP contribution in [-0.2, 0) is 9.53 Å². The molecule has 0 aromatic carbocycles. The third-order valence-corrected chi connectivity index (χ3v) is 6.84. The monoisotopic (exact) mass is 488 g/mol. The Bertz CT molecular complexity index is 1100. The molecule has 0 bridgehead atoms. The number of Topliss-reactive ketones (excluding diaryl/α,β-unsaturated/α-hetero) is 1. The minimum Gasteiger partial charge on any atom is -0.360 e. The van der Waals surface area contributed by atoms with E-state index in [1.54, 1.807) is 13.0 Å². The normalized spacial score (nSPS) is 26.3. The highest BCUT2D eigenvalue weighted by molar-refractivity contribution is 5.85. The minimum atomic E-state index is -1.43. The molecule has 0 aromatic heterocycles. The Morgan fingerprint density at radius 1 is 0.861 bits per heavy atom. The van der Waals surface area contributed by atoms with Crippen LogP contribution in [0.2, 0.25) is 0 Å². The highest BCUT2D eigenvalue weighted by atomic mass is 16.7. The first kappa shape index (κ1) is 29.5. The van der Waals surface area contributed by atoms with Gasteiger partial charge in [0.2, 0.25) is 5.79 Å². The number of rotatable bonds is 10. The molecule has 2 rings (SSSR count). The lowest BCUT2D eigenvalue weighted by Gasteiger charge is -2.32. The van der Waals surface area contributed by atoms with Crippen LogP contribution < -0.4 is 0 Å². The van der Waals surface area contributed by atoms with E-state index >= 15 is 0 Å². The van der Waals surface area contributed by atoms with Crippen molar-refractivity contribution < 1.29 is 14.6 Å². The van der Waals surface area contributed by atoms with E-state index in [1.807, 2.05) is 37.3 Å². The van der Waals surface area contributed by atoms with E-state index in [0.29, 0.717) is 5.57 Å². The average Bonchev–Trinajstić information content (AvgIpc) is 3.49. The van der Waals surface area contributed by atoms with Crippen LogP contribution in [0.15, 0.2) is 106 Å². The molecule has 1 aliphatic carbocycles. The average molecular weight is 489 g/mol. The van der Waals surface area contributed by atoms with Crippen molar-refractivity contribution in [2.24, 2.45) is 5.41 Å². The van der Waals surface area contributed by atoms with Crippen LogP contribution in [-0.4, -0.2) is 22.8 Å². The van der Waals surface area contributed by atoms with Gasteiger partial charge in [-0.15, -0.1) is 0 Å². The van der Waals surface area contributed by atoms with Crippen LogP contribution in [0, 0.1) is 5.41 Å². The van der Waals surface area contributed by atoms with Crippen LogP contribution in [0.1, 0.15) is 74.7 Å². The van der Waals surface area contributed by atoms with Gasteiger partial charge < -0.3 is 9.84 Å². The number of aliphatic hydroxyl groups is 1. The summed E-state index contributed by atoms with van der Waals surface area (Å²) < 4.78 is 5.13. The van der Waals surface area contributed by atoms with E-state index in [1.165, 1.54) is 48.5 Å². The van der Waals surface area contributed by atoms with Crippen LogP contribution in [0.5, 0.6) is 0 Å². The number of hydrogen-bond acceptors (Lipinski definition) is 3. The van der Waals surface area contributed by atoms with E-state index in [2.05, 4.69) is 71.1 Å². The van der Waals surface area contributed by atoms with Gasteiger partial charge in [-0.25, -0.2) is 0 Å². The van der Waals surface area contributed by atoms with Gasteiger partial charge in [0.15, 0.2) is 11.9 Å². The van der Waals surface area contributed by atoms with Gasteiger partial charge in [-0.05, 0) is 77.4 Å². The minimum absolute atomic E-state index is 0.164. The second-order valence-electron chi connectivity index (χ2n) is 10.8. The molecule has 0 saturated carbocycles. The Kier molecular flexibility index (Phi) is 10.6. The van der Waals surface area contributed by atoms with E-state index < -0.39 is 11.9 Å². The lowest BCUT2D eigenvalue weighted by Crippen LogP contribution is -2.19. The summed E-state index contributed by atoms with van der Waals surface area (Å²) in [6.45, 7) is 16.4. The predicted octanol–water partition coefficient (Wildman–Crippen LogP) is 8.20. The van der Waals surface area contributed by atoms with Crippen molar-refractivity contribution in [3.63, 3.8) is 0 Å². The third kappa shape index (κ3) is 8.72. The molecule has 0 amide bonds. The molecule has 0 radical (unpaired) electrons. The summed E-state index contributed by atoms with van der Waals surface area (Å²) in [5, 5.41) is 10.2. The summed E-state index contributed by atoms with van der Waals surface area (Å²) in [6.07, 6.45) is 27.6. The van der Waals surface area contributed by atoms with Gasteiger partial charge in [0.25, 0.3) is 0 Å². The molecule has 0 aromatic rings. The predicted molar refractivity (Wildman–Crippen MR) is 152 cm³/mol. The van der Waals surface area contributed by atoms with Crippen molar-refractivity contribution in [2.75, 3.05) is 0 Å². The molecule has 1 aliphatic heterocycles. The van der Waals surface area contributed by atoms with Crippen LogP contribution >= 0.6 is 0 Å². The zero-order valence-corrected chi connectivity index (χ0v) is 23.4. The molecule has 3 nitrogen and oxygen atoms in total. The standard InChI is InChI=1S/C33H44O3/c1-24(16-11-17-26(3)21-22-30-27(4)19-13-23-32(30,7)8)14-9-10-15-25(2)18-12-20-28(5)33(35)31(36-33)29(6)34/h9-12,14-18,20-22,31,35H,13,19,23H2,1-8H3/b10-9+,16-11+,18-12+,22-21+,24-14+,25-15-,26-17-,28-20+. The lowest BCUT2D eigenvalue weighted by molar-refractivity contribution is -0.118. The topological polar surface area (TPSA) is 49.8 Å². The molecule has 2 aliphatic rings. The van der Waals surface area contributed by atoms with Crippen LogP contribution in [0.3, 0.4) is 0 Å². The quantitative estimate of drug-likeness (QED) is 0.249.